The Bertz CT molecular complexity index is 3430. The van der Waals surface area contributed by atoms with Crippen LogP contribution in [0.5, 0.6) is 11.5 Å². The second-order valence-corrected chi connectivity index (χ2v) is 22.3. The number of hydrogen-bond donors (Lipinski definition) is 6. The van der Waals surface area contributed by atoms with Gasteiger partial charge in [-0.25, -0.2) is 4.79 Å². The Kier molecular flexibility index (Phi) is 17.3. The Morgan fingerprint density at radius 1 is 0.821 bits per heavy atom. The standard InChI is InChI=1S/C61H69F3N6O14/c1-30-11-10-12-31(2)57(77)67-47-48(69-22-25-81-26-23-69)53(75)44-45(52(47)74)51(73)36(7)55-46(44)56(76)60(8,84-55)82-24-17-43(80-9)33(4)54(35(6)50(72)34(5)49(30)71)83-59(79)70-20-18-68(19-21-70)42-16-13-37(29-40(42)61(62,63)64)58(78)66-39-14-15-41-38(28-39)27-32(3)65-41/h10-17,24,27-30,33-35,43,49-50,54,65,71-73H,18-23,25-26H2,1-9H3,(H,66,78)(H,67,77)/b11-10+,24-17+,31-12-/t30-,33-,34-,35-,43+,49-,50-,54+,60+/m1/s1. The third-order valence-corrected chi connectivity index (χ3v) is 16.6. The van der Waals surface area contributed by atoms with Gasteiger partial charge in [0, 0.05) is 122 Å². The molecule has 23 heteroatoms. The molecule has 20 nitrogen and oxygen atoms in total. The maximum Gasteiger partial charge on any atom is 0.418 e. The first kappa shape index (κ1) is 60.6. The number of H-pyrrole nitrogens is 1. The van der Waals surface area contributed by atoms with Gasteiger partial charge in [0.2, 0.25) is 11.6 Å². The van der Waals surface area contributed by atoms with E-state index in [1.807, 2.05) is 13.0 Å². The number of fused-ring (bicyclic) bond motifs is 15. The maximum absolute atomic E-state index is 14.9. The number of aromatic nitrogens is 1. The zero-order chi connectivity index (χ0) is 60.9. The number of nitrogens with one attached hydrogen (secondary N) is 3. The van der Waals surface area contributed by atoms with E-state index in [1.165, 1.54) is 68.0 Å². The number of aliphatic hydroxyl groups is 2. The molecule has 448 valence electrons. The van der Waals surface area contributed by atoms with Crippen LogP contribution in [0.2, 0.25) is 0 Å². The number of phenols is 1. The van der Waals surface area contributed by atoms with E-state index < -0.39 is 123 Å². The predicted molar refractivity (Wildman–Crippen MR) is 302 cm³/mol. The van der Waals surface area contributed by atoms with Crippen molar-refractivity contribution >= 4 is 57.5 Å². The minimum Gasteiger partial charge on any atom is -0.507 e. The van der Waals surface area contributed by atoms with Crippen LogP contribution in [-0.2, 0) is 29.9 Å². The number of ether oxygens (including phenoxy) is 5. The van der Waals surface area contributed by atoms with Gasteiger partial charge in [0.05, 0.1) is 60.0 Å². The molecular formula is C61H69F3N6O14. The first-order chi connectivity index (χ1) is 39.7. The lowest BCUT2D eigenvalue weighted by molar-refractivity contribution is -0.137. The zero-order valence-corrected chi connectivity index (χ0v) is 48.0. The van der Waals surface area contributed by atoms with E-state index in [-0.39, 0.29) is 91.9 Å². The Morgan fingerprint density at radius 3 is 2.20 bits per heavy atom. The number of allylic oxidation sites excluding steroid dienone is 4. The number of methoxy groups -OCH3 is 1. The first-order valence-electron chi connectivity index (χ1n) is 27.8. The van der Waals surface area contributed by atoms with Gasteiger partial charge in [-0.2, -0.15) is 13.2 Å². The molecule has 2 fully saturated rings. The number of aromatic hydroxyl groups is 1. The van der Waals surface area contributed by atoms with Crippen molar-refractivity contribution in [1.29, 1.82) is 0 Å². The lowest BCUT2D eigenvalue weighted by Gasteiger charge is -2.40. The highest BCUT2D eigenvalue weighted by molar-refractivity contribution is 6.32. The number of aliphatic hydroxyl groups excluding tert-OH is 2. The number of Topliss-reactive ketones (excluding diaryl/α,β-unsaturated/α-hetero) is 3. The number of rotatable bonds is 6. The summed E-state index contributed by atoms with van der Waals surface area (Å²) in [6, 6.07) is 10.4. The number of hydrogen-bond acceptors (Lipinski definition) is 16. The molecule has 1 aromatic heterocycles. The molecule has 9 atom stereocenters. The van der Waals surface area contributed by atoms with E-state index in [4.69, 9.17) is 23.7 Å². The molecule has 10 rings (SSSR count). The number of halogens is 3. The number of morpholine rings is 1. The van der Waals surface area contributed by atoms with Crippen molar-refractivity contribution in [2.24, 2.45) is 23.7 Å². The molecule has 4 aromatic rings. The molecule has 5 bridgehead atoms. The van der Waals surface area contributed by atoms with Gasteiger partial charge in [-0.3, -0.25) is 24.0 Å². The summed E-state index contributed by atoms with van der Waals surface area (Å²) in [5, 5.41) is 41.6. The number of carbonyl (C=O) groups excluding carboxylic acids is 6. The predicted octanol–water partition coefficient (Wildman–Crippen LogP) is 7.75. The van der Waals surface area contributed by atoms with Crippen molar-refractivity contribution in [3.8, 4) is 11.5 Å². The second-order valence-electron chi connectivity index (χ2n) is 22.3. The highest BCUT2D eigenvalue weighted by Gasteiger charge is 2.53. The molecule has 0 spiro atoms. The summed E-state index contributed by atoms with van der Waals surface area (Å²) < 4.78 is 74.4. The monoisotopic (exact) mass is 1170 g/mol. The average molecular weight is 1170 g/mol. The topological polar surface area (TPSA) is 259 Å². The summed E-state index contributed by atoms with van der Waals surface area (Å²) in [4.78, 5) is 93.4. The largest absolute Gasteiger partial charge is 0.507 e. The van der Waals surface area contributed by atoms with Gasteiger partial charge < -0.3 is 69.3 Å². The number of alkyl halides is 3. The van der Waals surface area contributed by atoms with Crippen LogP contribution >= 0.6 is 0 Å². The summed E-state index contributed by atoms with van der Waals surface area (Å²) in [5.41, 5.74) is -1.19. The fourth-order valence-corrected chi connectivity index (χ4v) is 11.6. The Morgan fingerprint density at radius 2 is 1.52 bits per heavy atom. The first-order valence-corrected chi connectivity index (χ1v) is 27.8. The molecule has 1 aliphatic carbocycles. The quantitative estimate of drug-likeness (QED) is 0.108. The SMILES string of the molecule is CO[C@H]1/C=C/O[C@@]2(C)Oc3c(C)c(O)c4c(c3C2=O)C(=O)C(N2CCOCC2)=C(NC(=O)/C(C)=C\C=C\[C@@H](C)[C@@H](O)[C@@H](C)[C@@H](O)[C@@H](C)[C@@H](OC(=O)N2CCN(c3ccc(C(=O)Nc5ccc6[nH]c(C)cc6c5)cc3C(F)(F)F)CC2)[C@@H]1C)C4=O. The molecule has 84 heavy (non-hydrogen) atoms. The van der Waals surface area contributed by atoms with Crippen molar-refractivity contribution in [2.45, 2.75) is 91.8 Å². The number of amides is 3. The summed E-state index contributed by atoms with van der Waals surface area (Å²) in [6.07, 6.45) is -3.43. The van der Waals surface area contributed by atoms with Crippen LogP contribution in [0.15, 0.2) is 90.0 Å². The number of anilines is 2. The van der Waals surface area contributed by atoms with E-state index in [0.29, 0.717) is 5.69 Å². The molecule has 0 radical (unpaired) electrons. The van der Waals surface area contributed by atoms with E-state index in [9.17, 15) is 57.3 Å². The van der Waals surface area contributed by atoms with Crippen molar-refractivity contribution in [3.05, 3.63) is 129 Å². The summed E-state index contributed by atoms with van der Waals surface area (Å²) in [6.45, 7) is 13.0. The van der Waals surface area contributed by atoms with E-state index in [2.05, 4.69) is 15.6 Å². The average Bonchev–Trinajstić information content (AvgIpc) is 1.44. The lowest BCUT2D eigenvalue weighted by atomic mass is 9.78. The number of piperazine rings is 1. The Hall–Kier alpha value is -7.99. The van der Waals surface area contributed by atoms with Crippen molar-refractivity contribution in [1.82, 2.24) is 20.1 Å². The smallest absolute Gasteiger partial charge is 0.418 e. The van der Waals surface area contributed by atoms with Gasteiger partial charge in [-0.1, -0.05) is 45.9 Å². The van der Waals surface area contributed by atoms with Gasteiger partial charge in [0.15, 0.2) is 0 Å². The van der Waals surface area contributed by atoms with Gasteiger partial charge in [0.1, 0.15) is 29.0 Å². The minimum absolute atomic E-state index is 0.0599. The minimum atomic E-state index is -4.86. The van der Waals surface area contributed by atoms with Crippen molar-refractivity contribution < 1.29 is 80.9 Å². The highest BCUT2D eigenvalue weighted by Crippen LogP contribution is 2.49. The fraction of sp³-hybridized carbons (Fsp3) is 0.443. The summed E-state index contributed by atoms with van der Waals surface area (Å²) in [5.74, 6) is -10.6. The normalized spacial score (nSPS) is 27.9. The van der Waals surface area contributed by atoms with Crippen molar-refractivity contribution in [3.63, 3.8) is 0 Å². The summed E-state index contributed by atoms with van der Waals surface area (Å²) in [7, 11) is 1.36. The van der Waals surface area contributed by atoms with Gasteiger partial charge in [-0.15, -0.1) is 0 Å². The van der Waals surface area contributed by atoms with Crippen LogP contribution in [0.1, 0.15) is 99.8 Å². The van der Waals surface area contributed by atoms with Crippen LogP contribution in [0.25, 0.3) is 10.9 Å². The van der Waals surface area contributed by atoms with Crippen LogP contribution in [0.3, 0.4) is 0 Å². The number of aryl methyl sites for hydroxylation is 1. The Labute approximate surface area is 482 Å². The molecule has 0 unspecified atom stereocenters. The molecule has 6 heterocycles. The number of aromatic amines is 1. The molecule has 6 aliphatic rings. The highest BCUT2D eigenvalue weighted by atomic mass is 19.4. The van der Waals surface area contributed by atoms with Crippen LogP contribution in [-0.4, -0.2) is 155 Å². The van der Waals surface area contributed by atoms with Crippen LogP contribution in [0.4, 0.5) is 29.3 Å². The summed E-state index contributed by atoms with van der Waals surface area (Å²) >= 11 is 0. The van der Waals surface area contributed by atoms with E-state index in [0.717, 1.165) is 28.9 Å². The maximum atomic E-state index is 14.9. The molecule has 3 amide bonds. The van der Waals surface area contributed by atoms with Crippen LogP contribution in [0, 0.1) is 37.5 Å². The van der Waals surface area contributed by atoms with Gasteiger partial charge in [0.25, 0.3) is 17.6 Å². The Balaban J connectivity index is 0.983. The number of carbonyl (C=O) groups is 6. The molecule has 0 saturated carbocycles. The van der Waals surface area contributed by atoms with Gasteiger partial charge in [-0.05, 0) is 69.3 Å². The van der Waals surface area contributed by atoms with Gasteiger partial charge >= 0.3 is 18.1 Å². The molecular weight excluding hydrogens is 1100 g/mol. The molecule has 6 N–H and O–H groups in total. The lowest BCUT2D eigenvalue weighted by Crippen LogP contribution is -2.52. The molecule has 5 aliphatic heterocycles. The third kappa shape index (κ3) is 11.7. The fourth-order valence-electron chi connectivity index (χ4n) is 11.6. The number of ketones is 3. The molecule has 2 saturated heterocycles. The van der Waals surface area contributed by atoms with Crippen molar-refractivity contribution in [2.75, 3.05) is 69.8 Å². The zero-order valence-electron chi connectivity index (χ0n) is 48.0. The van der Waals surface area contributed by atoms with Crippen LogP contribution < -0.4 is 20.3 Å². The molecule has 3 aromatic carbocycles. The number of nitrogens with zero attached hydrogens (tertiary/aromatic N) is 3. The third-order valence-electron chi connectivity index (χ3n) is 16.6. The van der Waals surface area contributed by atoms with E-state index >= 15 is 0 Å². The second kappa shape index (κ2) is 23.9. The number of benzene rings is 3. The van der Waals surface area contributed by atoms with E-state index in [1.54, 1.807) is 56.9 Å². The number of phenolic OH excluding ortho intramolecular Hbond substituents is 1.